The van der Waals surface area contributed by atoms with Gasteiger partial charge in [-0.3, -0.25) is 32.9 Å². The maximum atomic E-state index is 12.6. The molecule has 0 saturated carbocycles. The molecule has 1 aliphatic rings. The zero-order valence-corrected chi connectivity index (χ0v) is 36.5. The summed E-state index contributed by atoms with van der Waals surface area (Å²) in [4.78, 5) is 109. The van der Waals surface area contributed by atoms with E-state index in [1.54, 1.807) is 30.3 Å². The smallest absolute Gasteiger partial charge is 0.274 e. The zero-order chi connectivity index (χ0) is 46.1. The highest BCUT2D eigenvalue weighted by Crippen LogP contribution is 2.56. The largest absolute Gasteiger partial charge is 0.790 e. The van der Waals surface area contributed by atoms with E-state index in [1.165, 1.54) is 20.8 Å². The van der Waals surface area contributed by atoms with Gasteiger partial charge in [0.15, 0.2) is 28.1 Å². The molecule has 1 aromatic carbocycles. The molecule has 1 fully saturated rings. The Bertz CT molecular complexity index is 2220. The minimum Gasteiger partial charge on any atom is -0.790 e. The van der Waals surface area contributed by atoms with Gasteiger partial charge in [0.1, 0.15) is 48.6 Å². The standard InChI is InChI=1S/C32H46N7O19P3S/c1-31(2,27(44)30(45)35-10-9-22(41)34-11-12-62-23(42)13-19(40)14-53-20-7-5-4-6-8-20)16-55-61(51,52)58-60(49,50)54-15-21-25(57-59(46,47)48)26(43)32(3,56-21)39-18-38-24-28(33)36-17-37-29(24)39/h4-8,17-18,21,25-27,43-44H,9-16H2,1-3H3,(H,34,41)(H,35,45)(H,49,50)(H,51,52)(H2,33,36,37)(H2,46,47,48)/p-4. The van der Waals surface area contributed by atoms with Crippen molar-refractivity contribution in [2.24, 2.45) is 5.41 Å². The SMILES string of the molecule is CC(C)(COP(=O)([O-])OP(=O)([O-])OCC1OC(C)(n2cnc3c(N)ncnc32)C(O)C1OP(=O)([O-])[O-])C(O)C(=O)NCCC(=O)NCCSC(=O)CC(=O)COc1ccccc1. The van der Waals surface area contributed by atoms with Crippen molar-refractivity contribution in [3.05, 3.63) is 43.0 Å². The van der Waals surface area contributed by atoms with Crippen LogP contribution in [0.15, 0.2) is 43.0 Å². The normalized spacial score (nSPS) is 21.7. The van der Waals surface area contributed by atoms with Crippen LogP contribution in [0.4, 0.5) is 5.82 Å². The second-order valence-electron chi connectivity index (χ2n) is 14.1. The first-order valence-electron chi connectivity index (χ1n) is 18.0. The number of aromatic nitrogens is 4. The third-order valence-corrected chi connectivity index (χ3v) is 12.6. The Morgan fingerprint density at radius 1 is 1.03 bits per heavy atom. The second-order valence-corrected chi connectivity index (χ2v) is 19.3. The molecule has 0 aliphatic carbocycles. The van der Waals surface area contributed by atoms with Crippen molar-refractivity contribution in [2.75, 3.05) is 44.4 Å². The molecule has 62 heavy (non-hydrogen) atoms. The molecule has 2 amide bonds. The number of nitrogens with zero attached hydrogens (tertiary/aromatic N) is 4. The number of ketones is 1. The molecule has 344 valence electrons. The molecule has 7 atom stereocenters. The molecule has 1 saturated heterocycles. The number of imidazole rings is 1. The van der Waals surface area contributed by atoms with Gasteiger partial charge < -0.3 is 73.8 Å². The third-order valence-electron chi connectivity index (χ3n) is 8.71. The van der Waals surface area contributed by atoms with Gasteiger partial charge in [0.05, 0.1) is 33.8 Å². The summed E-state index contributed by atoms with van der Waals surface area (Å²) in [5.74, 6) is -1.48. The van der Waals surface area contributed by atoms with Gasteiger partial charge in [-0.25, -0.2) is 19.3 Å². The molecule has 2 aromatic heterocycles. The summed E-state index contributed by atoms with van der Waals surface area (Å²) >= 11 is 0.832. The number of ether oxygens (including phenoxy) is 2. The minimum atomic E-state index is -5.96. The predicted molar refractivity (Wildman–Crippen MR) is 204 cm³/mol. The molecule has 26 nitrogen and oxygen atoms in total. The summed E-state index contributed by atoms with van der Waals surface area (Å²) in [6.07, 6.45) is -6.61. The summed E-state index contributed by atoms with van der Waals surface area (Å²) in [7, 11) is -17.7. The van der Waals surface area contributed by atoms with E-state index in [1.807, 2.05) is 0 Å². The molecule has 6 N–H and O–H groups in total. The van der Waals surface area contributed by atoms with Gasteiger partial charge in [-0.05, 0) is 19.1 Å². The third kappa shape index (κ3) is 14.7. The lowest BCUT2D eigenvalue weighted by molar-refractivity contribution is -0.347. The van der Waals surface area contributed by atoms with Crippen LogP contribution in [0.3, 0.4) is 0 Å². The van der Waals surface area contributed by atoms with Crippen molar-refractivity contribution in [2.45, 2.75) is 63.8 Å². The van der Waals surface area contributed by atoms with Crippen LogP contribution in [0.1, 0.15) is 33.6 Å². The number of anilines is 1. The number of hydrogen-bond acceptors (Lipinski definition) is 24. The molecule has 3 heterocycles. The fourth-order valence-corrected chi connectivity index (χ4v) is 8.95. The first kappa shape index (κ1) is 50.9. The van der Waals surface area contributed by atoms with Gasteiger partial charge in [0, 0.05) is 30.7 Å². The maximum absolute atomic E-state index is 12.6. The number of Topliss-reactive ketones (excluding diaryl/α,β-unsaturated/α-hetero) is 1. The number of para-hydroxylation sites is 1. The summed E-state index contributed by atoms with van der Waals surface area (Å²) in [6, 6.07) is 8.57. The molecule has 7 unspecified atom stereocenters. The van der Waals surface area contributed by atoms with Crippen LogP contribution >= 0.6 is 35.2 Å². The van der Waals surface area contributed by atoms with E-state index < -0.39 is 95.0 Å². The quantitative estimate of drug-likeness (QED) is 0.0348. The van der Waals surface area contributed by atoms with E-state index in [2.05, 4.69) is 43.5 Å². The number of rotatable bonds is 24. The fraction of sp³-hybridized carbons (Fsp3) is 0.531. The Hall–Kier alpha value is -3.75. The van der Waals surface area contributed by atoms with Gasteiger partial charge in [-0.15, -0.1) is 0 Å². The summed E-state index contributed by atoms with van der Waals surface area (Å²) in [6.45, 7) is 0.684. The van der Waals surface area contributed by atoms with E-state index in [9.17, 15) is 62.7 Å². The van der Waals surface area contributed by atoms with E-state index in [0.29, 0.717) is 5.75 Å². The van der Waals surface area contributed by atoms with E-state index in [0.717, 1.165) is 29.0 Å². The van der Waals surface area contributed by atoms with Crippen molar-refractivity contribution in [3.8, 4) is 5.75 Å². The number of benzene rings is 1. The Morgan fingerprint density at radius 2 is 1.71 bits per heavy atom. The summed E-state index contributed by atoms with van der Waals surface area (Å²) in [5, 5.41) is 26.0. The number of fused-ring (bicyclic) bond motifs is 1. The average Bonchev–Trinajstić information content (AvgIpc) is 3.73. The number of amides is 2. The number of nitrogens with two attached hydrogens (primary N) is 1. The number of phosphoric acid groups is 3. The van der Waals surface area contributed by atoms with Crippen molar-refractivity contribution >= 4 is 74.9 Å². The molecule has 30 heteroatoms. The summed E-state index contributed by atoms with van der Waals surface area (Å²) < 4.78 is 66.4. The lowest BCUT2D eigenvalue weighted by Crippen LogP contribution is -2.46. The molecule has 3 aromatic rings. The second kappa shape index (κ2) is 21.3. The van der Waals surface area contributed by atoms with Crippen molar-refractivity contribution in [1.82, 2.24) is 30.2 Å². The number of phosphoric ester groups is 3. The molecule has 0 radical (unpaired) electrons. The average molecular weight is 954 g/mol. The van der Waals surface area contributed by atoms with Gasteiger partial charge in [-0.2, -0.15) is 0 Å². The molecule has 1 aliphatic heterocycles. The number of hydrogen-bond donors (Lipinski definition) is 5. The Morgan fingerprint density at radius 3 is 2.39 bits per heavy atom. The van der Waals surface area contributed by atoms with Crippen LogP contribution in [0.5, 0.6) is 5.75 Å². The molecule has 4 rings (SSSR count). The van der Waals surface area contributed by atoms with Gasteiger partial charge in [0.2, 0.25) is 11.8 Å². The van der Waals surface area contributed by atoms with E-state index in [4.69, 9.17) is 15.2 Å². The topological polar surface area (TPSA) is 401 Å². The highest BCUT2D eigenvalue weighted by Gasteiger charge is 2.55. The fourth-order valence-electron chi connectivity index (χ4n) is 5.53. The van der Waals surface area contributed by atoms with Gasteiger partial charge in [-0.1, -0.05) is 43.8 Å². The van der Waals surface area contributed by atoms with Crippen molar-refractivity contribution in [1.29, 1.82) is 0 Å². The van der Waals surface area contributed by atoms with Crippen LogP contribution in [-0.4, -0.2) is 116 Å². The monoisotopic (exact) mass is 953 g/mol. The van der Waals surface area contributed by atoms with Crippen LogP contribution in [0.25, 0.3) is 11.2 Å². The van der Waals surface area contributed by atoms with Crippen molar-refractivity contribution < 1.29 is 90.0 Å². The summed E-state index contributed by atoms with van der Waals surface area (Å²) in [5.41, 5.74) is 1.95. The Kier molecular flexibility index (Phi) is 17.5. The number of carbonyl (C=O) groups excluding carboxylic acids is 4. The van der Waals surface area contributed by atoms with Crippen LogP contribution < -0.4 is 40.7 Å². The molecule has 0 bridgehead atoms. The molecular formula is C32H42N7O19P3S-4. The predicted octanol–water partition coefficient (Wildman–Crippen LogP) is -2.65. The first-order valence-corrected chi connectivity index (χ1v) is 23.4. The van der Waals surface area contributed by atoms with Crippen molar-refractivity contribution in [3.63, 3.8) is 0 Å². The van der Waals surface area contributed by atoms with Crippen LogP contribution in [0, 0.1) is 5.41 Å². The lowest BCUT2D eigenvalue weighted by Gasteiger charge is -2.36. The number of carbonyl (C=O) groups is 4. The number of thioether (sulfide) groups is 1. The number of nitrogen functional groups attached to an aromatic ring is 1. The number of aliphatic hydroxyl groups excluding tert-OH is 2. The van der Waals surface area contributed by atoms with Crippen LogP contribution in [-0.2, 0) is 61.2 Å². The zero-order valence-electron chi connectivity index (χ0n) is 33.0. The van der Waals surface area contributed by atoms with Gasteiger partial charge >= 0.3 is 0 Å². The van der Waals surface area contributed by atoms with Gasteiger partial charge in [0.25, 0.3) is 15.6 Å². The minimum absolute atomic E-state index is 0.0256. The maximum Gasteiger partial charge on any atom is 0.274 e. The Balaban J connectivity index is 1.19. The van der Waals surface area contributed by atoms with E-state index >= 15 is 0 Å². The highest BCUT2D eigenvalue weighted by atomic mass is 32.2. The lowest BCUT2D eigenvalue weighted by atomic mass is 9.87. The van der Waals surface area contributed by atoms with Crippen LogP contribution in [0.2, 0.25) is 0 Å². The number of nitrogens with one attached hydrogen (secondary N) is 2. The number of aliphatic hydroxyl groups is 2. The highest BCUT2D eigenvalue weighted by molar-refractivity contribution is 8.13. The first-order chi connectivity index (χ1) is 28.8. The van der Waals surface area contributed by atoms with E-state index in [-0.39, 0.29) is 55.3 Å². The Labute approximate surface area is 356 Å². The molecular weight excluding hydrogens is 911 g/mol. The molecule has 0 spiro atoms.